The molecule has 27 heavy (non-hydrogen) atoms. The van der Waals surface area contributed by atoms with E-state index in [1.54, 1.807) is 24.3 Å². The lowest BCUT2D eigenvalue weighted by Crippen LogP contribution is -2.41. The molecule has 1 amide bonds. The van der Waals surface area contributed by atoms with Gasteiger partial charge in [-0.2, -0.15) is 0 Å². The number of methoxy groups -OCH3 is 1. The first-order valence-corrected chi connectivity index (χ1v) is 9.02. The summed E-state index contributed by atoms with van der Waals surface area (Å²) in [6.45, 7) is 0. The Labute approximate surface area is 153 Å². The van der Waals surface area contributed by atoms with Gasteiger partial charge in [0.15, 0.2) is 4.90 Å². The second kappa shape index (κ2) is 7.05. The predicted molar refractivity (Wildman–Crippen MR) is 95.7 cm³/mol. The normalized spacial score (nSPS) is 11.3. The van der Waals surface area contributed by atoms with Crippen LogP contribution >= 0.6 is 0 Å². The standard InChI is InChI=1S/C16H14N4O6S/c1-26-10-6-7-15(14(8-10)20(22)23)27(24,25)19-18-16(21)12-9-17-13-5-3-2-4-11(12)13/h2-9,17,19H,1H3,(H,18,21). The number of benzene rings is 2. The van der Waals surface area contributed by atoms with Crippen molar-refractivity contribution in [3.05, 3.63) is 64.3 Å². The van der Waals surface area contributed by atoms with Crippen molar-refractivity contribution in [2.45, 2.75) is 4.90 Å². The zero-order valence-electron chi connectivity index (χ0n) is 13.9. The highest BCUT2D eigenvalue weighted by molar-refractivity contribution is 7.89. The second-order valence-corrected chi connectivity index (χ2v) is 7.05. The number of hydrogen-bond acceptors (Lipinski definition) is 6. The number of carbonyl (C=O) groups is 1. The van der Waals surface area contributed by atoms with Gasteiger partial charge in [-0.15, -0.1) is 4.83 Å². The van der Waals surface area contributed by atoms with Gasteiger partial charge in [0, 0.05) is 17.1 Å². The van der Waals surface area contributed by atoms with E-state index < -0.39 is 31.4 Å². The van der Waals surface area contributed by atoms with E-state index in [1.807, 2.05) is 4.83 Å². The number of fused-ring (bicyclic) bond motifs is 1. The number of H-pyrrole nitrogens is 1. The number of amides is 1. The molecule has 0 aliphatic rings. The fraction of sp³-hybridized carbons (Fsp3) is 0.0625. The smallest absolute Gasteiger partial charge is 0.293 e. The molecule has 3 N–H and O–H groups in total. The van der Waals surface area contributed by atoms with Crippen LogP contribution < -0.4 is 15.0 Å². The van der Waals surface area contributed by atoms with Crippen LogP contribution in [0, 0.1) is 10.1 Å². The quantitative estimate of drug-likeness (QED) is 0.432. The molecule has 1 aromatic heterocycles. The number of nitrogens with one attached hydrogen (secondary N) is 3. The van der Waals surface area contributed by atoms with E-state index in [4.69, 9.17) is 4.74 Å². The Morgan fingerprint density at radius 2 is 1.96 bits per heavy atom. The Morgan fingerprint density at radius 3 is 2.67 bits per heavy atom. The number of nitro groups is 1. The van der Waals surface area contributed by atoms with E-state index in [0.29, 0.717) is 10.9 Å². The van der Waals surface area contributed by atoms with Crippen molar-refractivity contribution >= 4 is 32.5 Å². The molecule has 0 radical (unpaired) electrons. The number of sulfonamides is 1. The number of carbonyl (C=O) groups excluding carboxylic acids is 1. The van der Waals surface area contributed by atoms with E-state index >= 15 is 0 Å². The monoisotopic (exact) mass is 390 g/mol. The highest BCUT2D eigenvalue weighted by atomic mass is 32.2. The van der Waals surface area contributed by atoms with Crippen LogP contribution in [0.2, 0.25) is 0 Å². The highest BCUT2D eigenvalue weighted by Crippen LogP contribution is 2.28. The predicted octanol–water partition coefficient (Wildman–Crippen LogP) is 1.71. The number of ether oxygens (including phenoxy) is 1. The molecule has 0 spiro atoms. The van der Waals surface area contributed by atoms with Crippen LogP contribution in [0.3, 0.4) is 0 Å². The molecule has 11 heteroatoms. The Bertz CT molecular complexity index is 1140. The number of aromatic amines is 1. The Hall–Kier alpha value is -3.44. The first-order chi connectivity index (χ1) is 12.8. The van der Waals surface area contributed by atoms with E-state index in [9.17, 15) is 23.3 Å². The zero-order valence-corrected chi connectivity index (χ0v) is 14.7. The minimum absolute atomic E-state index is 0.128. The van der Waals surface area contributed by atoms with Crippen LogP contribution in [-0.4, -0.2) is 31.3 Å². The molecule has 0 aliphatic carbocycles. The molecule has 3 rings (SSSR count). The fourth-order valence-corrected chi connectivity index (χ4v) is 3.48. The molecule has 3 aromatic rings. The van der Waals surface area contributed by atoms with Gasteiger partial charge in [0.05, 0.1) is 23.7 Å². The molecule has 10 nitrogen and oxygen atoms in total. The first kappa shape index (κ1) is 18.4. The molecule has 0 atom stereocenters. The number of aromatic nitrogens is 1. The summed E-state index contributed by atoms with van der Waals surface area (Å²) < 4.78 is 29.7. The average Bonchev–Trinajstić information content (AvgIpc) is 3.09. The summed E-state index contributed by atoms with van der Waals surface area (Å²) in [5, 5.41) is 11.8. The number of hydrogen-bond donors (Lipinski definition) is 3. The van der Waals surface area contributed by atoms with Gasteiger partial charge >= 0.3 is 0 Å². The molecule has 140 valence electrons. The van der Waals surface area contributed by atoms with Crippen molar-refractivity contribution in [2.75, 3.05) is 7.11 Å². The van der Waals surface area contributed by atoms with E-state index in [1.165, 1.54) is 19.4 Å². The van der Waals surface area contributed by atoms with Gasteiger partial charge in [0.2, 0.25) is 0 Å². The molecule has 0 unspecified atom stereocenters. The molecule has 0 saturated heterocycles. The average molecular weight is 390 g/mol. The van der Waals surface area contributed by atoms with Gasteiger partial charge in [-0.1, -0.05) is 18.2 Å². The molecular formula is C16H14N4O6S. The van der Waals surface area contributed by atoms with Gasteiger partial charge in [-0.05, 0) is 18.2 Å². The highest BCUT2D eigenvalue weighted by Gasteiger charge is 2.27. The van der Waals surface area contributed by atoms with Gasteiger partial charge in [-0.25, -0.2) is 8.42 Å². The van der Waals surface area contributed by atoms with Gasteiger partial charge in [-0.3, -0.25) is 20.3 Å². The second-order valence-electron chi connectivity index (χ2n) is 5.40. The molecule has 0 fully saturated rings. The Kier molecular flexibility index (Phi) is 4.79. The van der Waals surface area contributed by atoms with Crippen LogP contribution in [0.25, 0.3) is 10.9 Å². The number of nitrogens with zero attached hydrogens (tertiary/aromatic N) is 1. The topological polar surface area (TPSA) is 143 Å². The maximum Gasteiger partial charge on any atom is 0.293 e. The van der Waals surface area contributed by atoms with Crippen molar-refractivity contribution < 1.29 is 22.9 Å². The summed E-state index contributed by atoms with van der Waals surface area (Å²) in [7, 11) is -3.09. The van der Waals surface area contributed by atoms with Gasteiger partial charge in [0.25, 0.3) is 21.6 Å². The third-order valence-corrected chi connectivity index (χ3v) is 5.08. The SMILES string of the molecule is COc1ccc(S(=O)(=O)NNC(=O)c2c[nH]c3ccccc23)c([N+](=O)[O-])c1. The first-order valence-electron chi connectivity index (χ1n) is 7.54. The number of hydrazine groups is 1. The van der Waals surface area contributed by atoms with Crippen LogP contribution in [0.4, 0.5) is 5.69 Å². The number of para-hydroxylation sites is 1. The fourth-order valence-electron chi connectivity index (χ4n) is 2.49. The molecular weight excluding hydrogens is 376 g/mol. The summed E-state index contributed by atoms with van der Waals surface area (Å²) in [4.78, 5) is 26.8. The van der Waals surface area contributed by atoms with E-state index in [0.717, 1.165) is 12.1 Å². The maximum atomic E-state index is 12.4. The summed E-state index contributed by atoms with van der Waals surface area (Å²) in [6, 6.07) is 10.3. The van der Waals surface area contributed by atoms with Crippen LogP contribution in [0.15, 0.2) is 53.6 Å². The third kappa shape index (κ3) is 3.59. The summed E-state index contributed by atoms with van der Waals surface area (Å²) in [5.74, 6) is -0.587. The largest absolute Gasteiger partial charge is 0.497 e. The lowest BCUT2D eigenvalue weighted by molar-refractivity contribution is -0.387. The lowest BCUT2D eigenvalue weighted by Gasteiger charge is -2.09. The minimum Gasteiger partial charge on any atom is -0.497 e. The van der Waals surface area contributed by atoms with Crippen molar-refractivity contribution in [2.24, 2.45) is 0 Å². The minimum atomic E-state index is -4.39. The molecule has 1 heterocycles. The van der Waals surface area contributed by atoms with Crippen LogP contribution in [0.5, 0.6) is 5.75 Å². The van der Waals surface area contributed by atoms with Crippen molar-refractivity contribution in [1.82, 2.24) is 15.2 Å². The summed E-state index contributed by atoms with van der Waals surface area (Å²) in [6.07, 6.45) is 1.43. The number of nitro benzene ring substituents is 1. The maximum absolute atomic E-state index is 12.4. The van der Waals surface area contributed by atoms with Gasteiger partial charge < -0.3 is 9.72 Å². The molecule has 2 aromatic carbocycles. The van der Waals surface area contributed by atoms with Crippen molar-refractivity contribution in [3.8, 4) is 5.75 Å². The Morgan fingerprint density at radius 1 is 1.22 bits per heavy atom. The third-order valence-electron chi connectivity index (χ3n) is 3.79. The lowest BCUT2D eigenvalue weighted by atomic mass is 10.2. The Balaban J connectivity index is 1.85. The molecule has 0 saturated carbocycles. The van der Waals surface area contributed by atoms with E-state index in [2.05, 4.69) is 10.4 Å². The summed E-state index contributed by atoms with van der Waals surface area (Å²) in [5.41, 5.74) is 2.31. The van der Waals surface area contributed by atoms with Crippen molar-refractivity contribution in [3.63, 3.8) is 0 Å². The van der Waals surface area contributed by atoms with Crippen LogP contribution in [-0.2, 0) is 10.0 Å². The van der Waals surface area contributed by atoms with Crippen LogP contribution in [0.1, 0.15) is 10.4 Å². The van der Waals surface area contributed by atoms with E-state index in [-0.39, 0.29) is 11.3 Å². The van der Waals surface area contributed by atoms with Crippen molar-refractivity contribution in [1.29, 1.82) is 0 Å². The number of rotatable bonds is 6. The zero-order chi connectivity index (χ0) is 19.6. The van der Waals surface area contributed by atoms with Gasteiger partial charge in [0.1, 0.15) is 5.75 Å². The molecule has 0 bridgehead atoms. The summed E-state index contributed by atoms with van der Waals surface area (Å²) >= 11 is 0. The molecule has 0 aliphatic heterocycles.